The summed E-state index contributed by atoms with van der Waals surface area (Å²) in [5, 5.41) is 14.1. The smallest absolute Gasteiger partial charge is 0.411 e. The van der Waals surface area contributed by atoms with Gasteiger partial charge in [-0.1, -0.05) is 66.2 Å². The zero-order chi connectivity index (χ0) is 16.2. The number of halogens is 1. The van der Waals surface area contributed by atoms with Gasteiger partial charge in [-0.3, -0.25) is 5.32 Å². The van der Waals surface area contributed by atoms with Crippen LogP contribution in [0.2, 0.25) is 5.02 Å². The van der Waals surface area contributed by atoms with E-state index in [4.69, 9.17) is 16.3 Å². The van der Waals surface area contributed by atoms with Crippen LogP contribution in [0.4, 0.5) is 10.5 Å². The van der Waals surface area contributed by atoms with Crippen molar-refractivity contribution >= 4 is 34.2 Å². The van der Waals surface area contributed by atoms with Crippen molar-refractivity contribution in [1.29, 1.82) is 0 Å². The first-order valence-electron chi connectivity index (χ1n) is 7.03. The Morgan fingerprint density at radius 1 is 1.04 bits per heavy atom. The number of benzene rings is 3. The number of amides is 1. The van der Waals surface area contributed by atoms with Gasteiger partial charge in [0.05, 0.1) is 10.7 Å². The lowest BCUT2D eigenvalue weighted by Gasteiger charge is -2.11. The maximum absolute atomic E-state index is 12.0. The summed E-state index contributed by atoms with van der Waals surface area (Å²) in [5.74, 6) is -0.00882. The number of phenolic OH excluding ortho intramolecular Hbond substituents is 1. The van der Waals surface area contributed by atoms with E-state index in [1.165, 1.54) is 6.07 Å². The van der Waals surface area contributed by atoms with Crippen LogP contribution in [0.3, 0.4) is 0 Å². The van der Waals surface area contributed by atoms with Gasteiger partial charge in [0.2, 0.25) is 0 Å². The van der Waals surface area contributed by atoms with Crippen LogP contribution in [0.25, 0.3) is 10.8 Å². The number of nitrogens with one attached hydrogen (secondary N) is 1. The van der Waals surface area contributed by atoms with E-state index in [9.17, 15) is 9.90 Å². The van der Waals surface area contributed by atoms with Gasteiger partial charge in [-0.25, -0.2) is 4.79 Å². The number of hydrogen-bond donors (Lipinski definition) is 2. The van der Waals surface area contributed by atoms with Crippen LogP contribution in [0.15, 0.2) is 60.7 Å². The zero-order valence-electron chi connectivity index (χ0n) is 12.1. The first kappa shape index (κ1) is 15.2. The number of anilines is 1. The molecule has 0 heterocycles. The summed E-state index contributed by atoms with van der Waals surface area (Å²) < 4.78 is 5.20. The minimum atomic E-state index is -0.583. The summed E-state index contributed by atoms with van der Waals surface area (Å²) >= 11 is 6.01. The van der Waals surface area contributed by atoms with Crippen molar-refractivity contribution in [3.05, 3.63) is 71.2 Å². The van der Waals surface area contributed by atoms with Gasteiger partial charge in [0.25, 0.3) is 0 Å². The lowest BCUT2D eigenvalue weighted by molar-refractivity contribution is 0.155. The summed E-state index contributed by atoms with van der Waals surface area (Å²) in [5.41, 5.74) is 1.39. The fourth-order valence-corrected chi connectivity index (χ4v) is 2.51. The van der Waals surface area contributed by atoms with Crippen molar-refractivity contribution in [2.24, 2.45) is 0 Å². The largest absolute Gasteiger partial charge is 0.506 e. The average Bonchev–Trinajstić information content (AvgIpc) is 2.58. The molecule has 0 aliphatic carbocycles. The van der Waals surface area contributed by atoms with E-state index in [0.29, 0.717) is 16.5 Å². The fourth-order valence-electron chi connectivity index (χ4n) is 2.30. The van der Waals surface area contributed by atoms with E-state index in [2.05, 4.69) is 5.32 Å². The lowest BCUT2D eigenvalue weighted by atomic mass is 10.1. The third-order valence-corrected chi connectivity index (χ3v) is 3.71. The molecule has 0 saturated heterocycles. The first-order valence-corrected chi connectivity index (χ1v) is 7.41. The summed E-state index contributed by atoms with van der Waals surface area (Å²) in [4.78, 5) is 12.0. The molecule has 5 heteroatoms. The zero-order valence-corrected chi connectivity index (χ0v) is 12.9. The van der Waals surface area contributed by atoms with Crippen molar-refractivity contribution in [3.63, 3.8) is 0 Å². The van der Waals surface area contributed by atoms with Gasteiger partial charge in [-0.15, -0.1) is 0 Å². The molecule has 0 aromatic heterocycles. The molecule has 0 fully saturated rings. The molecule has 0 unspecified atom stereocenters. The Labute approximate surface area is 138 Å². The normalized spacial score (nSPS) is 10.5. The highest BCUT2D eigenvalue weighted by atomic mass is 35.5. The second-order valence-corrected chi connectivity index (χ2v) is 5.39. The molecule has 2 N–H and O–H groups in total. The first-order chi connectivity index (χ1) is 11.1. The molecule has 0 bridgehead atoms. The maximum atomic E-state index is 12.0. The Kier molecular flexibility index (Phi) is 4.35. The predicted molar refractivity (Wildman–Crippen MR) is 90.9 cm³/mol. The van der Waals surface area contributed by atoms with Crippen LogP contribution in [-0.4, -0.2) is 11.2 Å². The minimum absolute atomic E-state index is 0.00882. The quantitative estimate of drug-likeness (QED) is 0.669. The SMILES string of the molecule is O=C(Nc1cc(Cl)c(O)c2ccccc12)OCc1ccccc1. The van der Waals surface area contributed by atoms with Gasteiger partial charge >= 0.3 is 6.09 Å². The van der Waals surface area contributed by atoms with E-state index in [1.807, 2.05) is 36.4 Å². The molecule has 4 nitrogen and oxygen atoms in total. The molecule has 0 atom stereocenters. The third-order valence-electron chi connectivity index (χ3n) is 3.42. The molecule has 23 heavy (non-hydrogen) atoms. The van der Waals surface area contributed by atoms with E-state index < -0.39 is 6.09 Å². The molecule has 0 radical (unpaired) electrons. The Hall–Kier alpha value is -2.72. The van der Waals surface area contributed by atoms with Gasteiger partial charge in [0.15, 0.2) is 0 Å². The highest BCUT2D eigenvalue weighted by molar-refractivity contribution is 6.34. The highest BCUT2D eigenvalue weighted by Gasteiger charge is 2.12. The van der Waals surface area contributed by atoms with Crippen LogP contribution in [0, 0.1) is 0 Å². The highest BCUT2D eigenvalue weighted by Crippen LogP contribution is 2.37. The summed E-state index contributed by atoms with van der Waals surface area (Å²) in [6, 6.07) is 18.0. The fraction of sp³-hybridized carbons (Fsp3) is 0.0556. The van der Waals surface area contributed by atoms with Crippen LogP contribution in [0.5, 0.6) is 5.75 Å². The van der Waals surface area contributed by atoms with E-state index in [0.717, 1.165) is 5.56 Å². The van der Waals surface area contributed by atoms with Gasteiger partial charge in [-0.2, -0.15) is 0 Å². The predicted octanol–water partition coefficient (Wildman–Crippen LogP) is 4.95. The number of ether oxygens (including phenoxy) is 1. The maximum Gasteiger partial charge on any atom is 0.411 e. The van der Waals surface area contributed by atoms with Crippen LogP contribution < -0.4 is 5.32 Å². The summed E-state index contributed by atoms with van der Waals surface area (Å²) in [6.07, 6.45) is -0.583. The molecular weight excluding hydrogens is 314 g/mol. The standard InChI is InChI=1S/C18H14ClNO3/c19-15-10-16(13-8-4-5-9-14(13)17(15)21)20-18(22)23-11-12-6-2-1-3-7-12/h1-10,21H,11H2,(H,20,22). The van der Waals surface area contributed by atoms with Crippen LogP contribution >= 0.6 is 11.6 Å². The average molecular weight is 328 g/mol. The second-order valence-electron chi connectivity index (χ2n) is 4.99. The van der Waals surface area contributed by atoms with E-state index >= 15 is 0 Å². The number of carbonyl (C=O) groups excluding carboxylic acids is 1. The van der Waals surface area contributed by atoms with Gasteiger partial charge in [-0.05, 0) is 11.6 Å². The van der Waals surface area contributed by atoms with Crippen LogP contribution in [0.1, 0.15) is 5.56 Å². The third kappa shape index (κ3) is 3.38. The van der Waals surface area contributed by atoms with Gasteiger partial charge in [0.1, 0.15) is 12.4 Å². The lowest BCUT2D eigenvalue weighted by Crippen LogP contribution is -2.13. The number of hydrogen-bond acceptors (Lipinski definition) is 3. The van der Waals surface area contributed by atoms with Crippen LogP contribution in [-0.2, 0) is 11.3 Å². The molecule has 3 aromatic carbocycles. The number of aromatic hydroxyl groups is 1. The van der Waals surface area contributed by atoms with Crippen molar-refractivity contribution < 1.29 is 14.6 Å². The molecule has 3 aromatic rings. The Bertz CT molecular complexity index is 850. The second kappa shape index (κ2) is 6.58. The number of rotatable bonds is 3. The Morgan fingerprint density at radius 3 is 2.43 bits per heavy atom. The molecule has 0 aliphatic heterocycles. The summed E-state index contributed by atoms with van der Waals surface area (Å²) in [6.45, 7) is 0.177. The molecule has 0 saturated carbocycles. The Balaban J connectivity index is 1.79. The molecule has 1 amide bonds. The monoisotopic (exact) mass is 327 g/mol. The van der Waals surface area contributed by atoms with Crippen molar-refractivity contribution in [1.82, 2.24) is 0 Å². The Morgan fingerprint density at radius 2 is 1.70 bits per heavy atom. The van der Waals surface area contributed by atoms with Crippen molar-refractivity contribution in [2.45, 2.75) is 6.61 Å². The molecular formula is C18H14ClNO3. The van der Waals surface area contributed by atoms with Crippen molar-refractivity contribution in [2.75, 3.05) is 5.32 Å². The van der Waals surface area contributed by atoms with Gasteiger partial charge in [0, 0.05) is 10.8 Å². The number of carbonyl (C=O) groups is 1. The topological polar surface area (TPSA) is 58.6 Å². The molecule has 3 rings (SSSR count). The van der Waals surface area contributed by atoms with Gasteiger partial charge < -0.3 is 9.84 Å². The molecule has 0 spiro atoms. The van der Waals surface area contributed by atoms with Crippen molar-refractivity contribution in [3.8, 4) is 5.75 Å². The number of fused-ring (bicyclic) bond motifs is 1. The van der Waals surface area contributed by atoms with E-state index in [-0.39, 0.29) is 17.4 Å². The molecule has 116 valence electrons. The minimum Gasteiger partial charge on any atom is -0.506 e. The number of phenols is 1. The molecule has 0 aliphatic rings. The summed E-state index contributed by atoms with van der Waals surface area (Å²) in [7, 11) is 0. The van der Waals surface area contributed by atoms with E-state index in [1.54, 1.807) is 18.2 Å².